The molecule has 1 atom stereocenters. The second-order valence-corrected chi connectivity index (χ2v) is 6.94. The molecule has 0 heterocycles. The predicted molar refractivity (Wildman–Crippen MR) is 118 cm³/mol. The minimum atomic E-state index is -0.917. The Labute approximate surface area is 181 Å². The van der Waals surface area contributed by atoms with Gasteiger partial charge in [0.05, 0.1) is 13.5 Å². The van der Waals surface area contributed by atoms with Crippen LogP contribution in [-0.4, -0.2) is 25.1 Å². The molecule has 0 radical (unpaired) electrons. The Balaban J connectivity index is 1.45. The van der Waals surface area contributed by atoms with Gasteiger partial charge in [0.2, 0.25) is 0 Å². The van der Waals surface area contributed by atoms with Crippen molar-refractivity contribution in [3.63, 3.8) is 0 Å². The lowest BCUT2D eigenvalue weighted by atomic mass is 10.1. The Kier molecular flexibility index (Phi) is 7.65. The van der Waals surface area contributed by atoms with Gasteiger partial charge in [-0.1, -0.05) is 42.5 Å². The van der Waals surface area contributed by atoms with Gasteiger partial charge in [-0.05, 0) is 54.4 Å². The van der Waals surface area contributed by atoms with E-state index in [2.05, 4.69) is 5.32 Å². The van der Waals surface area contributed by atoms with Gasteiger partial charge in [0.1, 0.15) is 18.1 Å². The summed E-state index contributed by atoms with van der Waals surface area (Å²) in [5, 5.41) is 2.74. The summed E-state index contributed by atoms with van der Waals surface area (Å²) in [4.78, 5) is 24.5. The molecule has 0 aliphatic rings. The molecule has 3 aromatic carbocycles. The second kappa shape index (κ2) is 10.8. The number of nitrogens with one attached hydrogen (secondary N) is 1. The van der Waals surface area contributed by atoms with Crippen molar-refractivity contribution in [2.45, 2.75) is 26.1 Å². The Bertz CT molecular complexity index is 985. The van der Waals surface area contributed by atoms with Crippen molar-refractivity contribution in [2.75, 3.05) is 12.4 Å². The van der Waals surface area contributed by atoms with Crippen molar-refractivity contribution >= 4 is 17.6 Å². The summed E-state index contributed by atoms with van der Waals surface area (Å²) in [7, 11) is 1.58. The first-order valence-electron chi connectivity index (χ1n) is 9.93. The minimum Gasteiger partial charge on any atom is -0.497 e. The Morgan fingerprint density at radius 3 is 2.13 bits per heavy atom. The zero-order chi connectivity index (χ0) is 22.1. The molecule has 0 aromatic heterocycles. The van der Waals surface area contributed by atoms with Crippen LogP contribution < -0.4 is 14.8 Å². The summed E-state index contributed by atoms with van der Waals surface area (Å²) >= 11 is 0. The van der Waals surface area contributed by atoms with E-state index in [1.807, 2.05) is 30.3 Å². The zero-order valence-corrected chi connectivity index (χ0v) is 17.5. The fourth-order valence-corrected chi connectivity index (χ4v) is 2.82. The van der Waals surface area contributed by atoms with Gasteiger partial charge in [0.25, 0.3) is 5.91 Å². The molecule has 0 aliphatic heterocycles. The quantitative estimate of drug-likeness (QED) is 0.521. The van der Waals surface area contributed by atoms with Crippen molar-refractivity contribution in [2.24, 2.45) is 0 Å². The molecule has 1 amide bonds. The van der Waals surface area contributed by atoms with Crippen LogP contribution in [0.3, 0.4) is 0 Å². The molecule has 0 spiro atoms. The largest absolute Gasteiger partial charge is 0.497 e. The van der Waals surface area contributed by atoms with Crippen LogP contribution in [0, 0.1) is 0 Å². The maximum atomic E-state index is 12.3. The highest BCUT2D eigenvalue weighted by Crippen LogP contribution is 2.18. The molecule has 6 nitrogen and oxygen atoms in total. The van der Waals surface area contributed by atoms with E-state index >= 15 is 0 Å². The normalized spacial score (nSPS) is 11.3. The molecular formula is C25H25NO5. The van der Waals surface area contributed by atoms with Crippen molar-refractivity contribution in [3.05, 3.63) is 90.0 Å². The average molecular weight is 419 g/mol. The molecule has 31 heavy (non-hydrogen) atoms. The summed E-state index contributed by atoms with van der Waals surface area (Å²) in [5.74, 6) is 0.528. The Hall–Kier alpha value is -3.80. The number of benzene rings is 3. The number of carbonyl (C=O) groups is 2. The number of ether oxygens (including phenoxy) is 3. The van der Waals surface area contributed by atoms with E-state index < -0.39 is 18.0 Å². The lowest BCUT2D eigenvalue weighted by molar-refractivity contribution is -0.152. The predicted octanol–water partition coefficient (Wildman–Crippen LogP) is 4.39. The van der Waals surface area contributed by atoms with E-state index in [4.69, 9.17) is 14.2 Å². The molecule has 3 rings (SSSR count). The Morgan fingerprint density at radius 1 is 0.839 bits per heavy atom. The van der Waals surface area contributed by atoms with Crippen molar-refractivity contribution in [1.82, 2.24) is 0 Å². The lowest BCUT2D eigenvalue weighted by Gasteiger charge is -2.14. The van der Waals surface area contributed by atoms with Crippen molar-refractivity contribution in [1.29, 1.82) is 0 Å². The maximum Gasteiger partial charge on any atom is 0.311 e. The van der Waals surface area contributed by atoms with Gasteiger partial charge in [-0.3, -0.25) is 9.59 Å². The summed E-state index contributed by atoms with van der Waals surface area (Å²) in [6.07, 6.45) is -0.838. The Morgan fingerprint density at radius 2 is 1.48 bits per heavy atom. The molecule has 0 fully saturated rings. The molecule has 3 aromatic rings. The number of rotatable bonds is 9. The van der Waals surface area contributed by atoms with Gasteiger partial charge in [0, 0.05) is 5.69 Å². The van der Waals surface area contributed by atoms with Gasteiger partial charge in [0.15, 0.2) is 6.10 Å². The van der Waals surface area contributed by atoms with E-state index in [-0.39, 0.29) is 6.42 Å². The number of amides is 1. The number of anilines is 1. The highest BCUT2D eigenvalue weighted by Gasteiger charge is 2.18. The van der Waals surface area contributed by atoms with Crippen LogP contribution in [0.4, 0.5) is 5.69 Å². The highest BCUT2D eigenvalue weighted by atomic mass is 16.5. The molecular weight excluding hydrogens is 394 g/mol. The number of hydrogen-bond donors (Lipinski definition) is 1. The van der Waals surface area contributed by atoms with Gasteiger partial charge < -0.3 is 19.5 Å². The molecule has 0 saturated carbocycles. The first-order chi connectivity index (χ1) is 15.0. The highest BCUT2D eigenvalue weighted by molar-refractivity contribution is 5.95. The maximum absolute atomic E-state index is 12.3. The van der Waals surface area contributed by atoms with E-state index in [0.717, 1.165) is 11.1 Å². The van der Waals surface area contributed by atoms with E-state index in [0.29, 0.717) is 23.8 Å². The van der Waals surface area contributed by atoms with Crippen LogP contribution in [0.5, 0.6) is 11.5 Å². The third kappa shape index (κ3) is 6.89. The van der Waals surface area contributed by atoms with Crippen LogP contribution in [0.25, 0.3) is 0 Å². The van der Waals surface area contributed by atoms with Gasteiger partial charge in [-0.25, -0.2) is 0 Å². The lowest BCUT2D eigenvalue weighted by Crippen LogP contribution is -2.30. The summed E-state index contributed by atoms with van der Waals surface area (Å²) in [6, 6.07) is 24.0. The molecule has 0 saturated heterocycles. The van der Waals surface area contributed by atoms with Crippen LogP contribution in [0.1, 0.15) is 18.1 Å². The number of hydrogen-bond acceptors (Lipinski definition) is 5. The second-order valence-electron chi connectivity index (χ2n) is 6.94. The van der Waals surface area contributed by atoms with E-state index in [1.54, 1.807) is 62.6 Å². The molecule has 6 heteroatoms. The van der Waals surface area contributed by atoms with Crippen molar-refractivity contribution in [3.8, 4) is 11.5 Å². The third-order valence-electron chi connectivity index (χ3n) is 4.56. The van der Waals surface area contributed by atoms with Crippen LogP contribution in [-0.2, 0) is 27.4 Å². The SMILES string of the molecule is COc1ccc(CC(=O)O[C@H](C)C(=O)Nc2ccc(OCc3ccccc3)cc2)cc1. The summed E-state index contributed by atoms with van der Waals surface area (Å²) < 4.78 is 16.1. The molecule has 0 aliphatic carbocycles. The van der Waals surface area contributed by atoms with Crippen LogP contribution in [0.15, 0.2) is 78.9 Å². The molecule has 160 valence electrons. The fourth-order valence-electron chi connectivity index (χ4n) is 2.82. The van der Waals surface area contributed by atoms with Gasteiger partial charge in [-0.15, -0.1) is 0 Å². The smallest absolute Gasteiger partial charge is 0.311 e. The minimum absolute atomic E-state index is 0.0784. The first kappa shape index (κ1) is 21.9. The van der Waals surface area contributed by atoms with E-state index in [1.165, 1.54) is 0 Å². The molecule has 1 N–H and O–H groups in total. The first-order valence-corrected chi connectivity index (χ1v) is 9.93. The van der Waals surface area contributed by atoms with Gasteiger partial charge >= 0.3 is 5.97 Å². The zero-order valence-electron chi connectivity index (χ0n) is 17.5. The van der Waals surface area contributed by atoms with Gasteiger partial charge in [-0.2, -0.15) is 0 Å². The topological polar surface area (TPSA) is 73.9 Å². The fraction of sp³-hybridized carbons (Fsp3) is 0.200. The summed E-state index contributed by atoms with van der Waals surface area (Å²) in [5.41, 5.74) is 2.45. The summed E-state index contributed by atoms with van der Waals surface area (Å²) in [6.45, 7) is 2.01. The standard InChI is InChI=1S/C25H25NO5/c1-18(31-24(27)16-19-8-12-22(29-2)13-9-19)25(28)26-21-10-14-23(15-11-21)30-17-20-6-4-3-5-7-20/h3-15,18H,16-17H2,1-2H3,(H,26,28)/t18-/m1/s1. The van der Waals surface area contributed by atoms with Crippen LogP contribution >= 0.6 is 0 Å². The van der Waals surface area contributed by atoms with E-state index in [9.17, 15) is 9.59 Å². The number of carbonyl (C=O) groups excluding carboxylic acids is 2. The molecule has 0 bridgehead atoms. The molecule has 0 unspecified atom stereocenters. The van der Waals surface area contributed by atoms with Crippen LogP contribution in [0.2, 0.25) is 0 Å². The number of methoxy groups -OCH3 is 1. The average Bonchev–Trinajstić information content (AvgIpc) is 2.79. The number of esters is 1. The third-order valence-corrected chi connectivity index (χ3v) is 4.56. The monoisotopic (exact) mass is 419 g/mol. The van der Waals surface area contributed by atoms with Crippen molar-refractivity contribution < 1.29 is 23.8 Å².